The molecule has 27 heavy (non-hydrogen) atoms. The van der Waals surface area contributed by atoms with Crippen LogP contribution in [0.15, 0.2) is 36.4 Å². The molecule has 0 spiro atoms. The zero-order valence-electron chi connectivity index (χ0n) is 15.7. The molecule has 0 saturated heterocycles. The van der Waals surface area contributed by atoms with E-state index in [4.69, 9.17) is 32.7 Å². The van der Waals surface area contributed by atoms with E-state index < -0.39 is 5.60 Å². The van der Waals surface area contributed by atoms with Gasteiger partial charge in [0, 0.05) is 28.7 Å². The molecule has 0 fully saturated rings. The van der Waals surface area contributed by atoms with Gasteiger partial charge in [-0.25, -0.2) is 4.79 Å². The molecule has 1 aliphatic heterocycles. The summed E-state index contributed by atoms with van der Waals surface area (Å²) in [5.74, 6) is 0.760. The first-order valence-electron chi connectivity index (χ1n) is 8.88. The third-order valence-electron chi connectivity index (χ3n) is 4.29. The highest BCUT2D eigenvalue weighted by Crippen LogP contribution is 2.28. The van der Waals surface area contributed by atoms with Crippen LogP contribution in [0, 0.1) is 0 Å². The highest BCUT2D eigenvalue weighted by Gasteiger charge is 2.25. The number of hydrogen-bond acceptors (Lipinski definition) is 3. The van der Waals surface area contributed by atoms with Gasteiger partial charge in [0.2, 0.25) is 0 Å². The number of benzene rings is 2. The maximum atomic E-state index is 12.3. The number of carbonyl (C=O) groups excluding carboxylic acids is 1. The lowest BCUT2D eigenvalue weighted by molar-refractivity contribution is 0.0224. The maximum Gasteiger partial charge on any atom is 0.410 e. The summed E-state index contributed by atoms with van der Waals surface area (Å²) in [6, 6.07) is 11.3. The average Bonchev–Trinajstić information content (AvgIpc) is 2.59. The molecule has 4 nitrogen and oxygen atoms in total. The van der Waals surface area contributed by atoms with E-state index in [9.17, 15) is 4.79 Å². The van der Waals surface area contributed by atoms with Gasteiger partial charge in [0.1, 0.15) is 18.0 Å². The second kappa shape index (κ2) is 7.99. The zero-order chi connectivity index (χ0) is 19.6. The largest absolute Gasteiger partial charge is 0.489 e. The van der Waals surface area contributed by atoms with Crippen molar-refractivity contribution in [1.82, 2.24) is 4.90 Å². The Bertz CT molecular complexity index is 826. The van der Waals surface area contributed by atoms with Crippen LogP contribution >= 0.6 is 23.2 Å². The molecule has 0 saturated carbocycles. The summed E-state index contributed by atoms with van der Waals surface area (Å²) in [6.45, 7) is 7.09. The van der Waals surface area contributed by atoms with Crippen molar-refractivity contribution >= 4 is 29.3 Å². The van der Waals surface area contributed by atoms with E-state index in [-0.39, 0.29) is 6.09 Å². The Kier molecular flexibility index (Phi) is 5.87. The lowest BCUT2D eigenvalue weighted by Crippen LogP contribution is -2.39. The summed E-state index contributed by atoms with van der Waals surface area (Å²) >= 11 is 12.4. The van der Waals surface area contributed by atoms with Crippen LogP contribution in [0.2, 0.25) is 10.0 Å². The minimum absolute atomic E-state index is 0.276. The van der Waals surface area contributed by atoms with Crippen LogP contribution in [0.4, 0.5) is 4.79 Å². The van der Waals surface area contributed by atoms with Gasteiger partial charge in [-0.15, -0.1) is 0 Å². The van der Waals surface area contributed by atoms with E-state index in [0.717, 1.165) is 23.3 Å². The molecule has 3 rings (SSSR count). The number of nitrogens with zero attached hydrogens (tertiary/aromatic N) is 1. The molecule has 0 aromatic heterocycles. The predicted molar refractivity (Wildman–Crippen MR) is 108 cm³/mol. The number of carbonyl (C=O) groups is 1. The smallest absolute Gasteiger partial charge is 0.410 e. The van der Waals surface area contributed by atoms with Crippen molar-refractivity contribution in [2.75, 3.05) is 6.54 Å². The fourth-order valence-electron chi connectivity index (χ4n) is 2.93. The molecular weight excluding hydrogens is 385 g/mol. The Morgan fingerprint density at radius 3 is 2.48 bits per heavy atom. The molecule has 0 radical (unpaired) electrons. The second-order valence-corrected chi connectivity index (χ2v) is 8.39. The predicted octanol–water partition coefficient (Wildman–Crippen LogP) is 5.87. The first-order chi connectivity index (χ1) is 12.7. The van der Waals surface area contributed by atoms with Crippen molar-refractivity contribution in [3.05, 3.63) is 63.1 Å². The zero-order valence-corrected chi connectivity index (χ0v) is 17.2. The topological polar surface area (TPSA) is 38.8 Å². The Morgan fingerprint density at radius 1 is 1.11 bits per heavy atom. The Balaban J connectivity index is 1.66. The molecule has 2 aromatic carbocycles. The monoisotopic (exact) mass is 407 g/mol. The molecule has 1 heterocycles. The summed E-state index contributed by atoms with van der Waals surface area (Å²) < 4.78 is 11.3. The summed E-state index contributed by atoms with van der Waals surface area (Å²) in [5.41, 5.74) is 2.57. The normalized spacial score (nSPS) is 13.9. The Hall–Kier alpha value is -1.91. The van der Waals surface area contributed by atoms with E-state index in [0.29, 0.717) is 29.7 Å². The summed E-state index contributed by atoms with van der Waals surface area (Å²) in [7, 11) is 0. The van der Waals surface area contributed by atoms with Gasteiger partial charge in [0.25, 0.3) is 0 Å². The lowest BCUT2D eigenvalue weighted by atomic mass is 10.00. The summed E-state index contributed by atoms with van der Waals surface area (Å²) in [5, 5.41) is 1.18. The van der Waals surface area contributed by atoms with Crippen LogP contribution in [-0.4, -0.2) is 23.1 Å². The molecule has 2 aromatic rings. The minimum Gasteiger partial charge on any atom is -0.489 e. The maximum absolute atomic E-state index is 12.3. The minimum atomic E-state index is -0.491. The standard InChI is InChI=1S/C21H23Cl2NO3/c1-21(2,3)27-20(25)24-10-9-14-11-16(8-7-15(14)12-24)26-13-17-18(22)5-4-6-19(17)23/h4-8,11H,9-10,12-13H2,1-3H3. The number of hydrogen-bond donors (Lipinski definition) is 0. The van der Waals surface area contributed by atoms with Crippen molar-refractivity contribution in [1.29, 1.82) is 0 Å². The van der Waals surface area contributed by atoms with Crippen LogP contribution in [0.3, 0.4) is 0 Å². The molecule has 6 heteroatoms. The van der Waals surface area contributed by atoms with E-state index >= 15 is 0 Å². The van der Waals surface area contributed by atoms with Gasteiger partial charge in [-0.3, -0.25) is 0 Å². The van der Waals surface area contributed by atoms with E-state index in [2.05, 4.69) is 0 Å². The fourth-order valence-corrected chi connectivity index (χ4v) is 3.43. The SMILES string of the molecule is CC(C)(C)OC(=O)N1CCc2cc(OCc3c(Cl)cccc3Cl)ccc2C1. The molecule has 0 aliphatic carbocycles. The molecular formula is C21H23Cl2NO3. The van der Waals surface area contributed by atoms with Gasteiger partial charge < -0.3 is 14.4 Å². The summed E-state index contributed by atoms with van der Waals surface area (Å²) in [4.78, 5) is 14.0. The first kappa shape index (κ1) is 19.8. The van der Waals surface area contributed by atoms with Gasteiger partial charge in [0.15, 0.2) is 0 Å². The number of halogens is 2. The first-order valence-corrected chi connectivity index (χ1v) is 9.64. The molecule has 0 N–H and O–H groups in total. The molecule has 144 valence electrons. The molecule has 0 bridgehead atoms. The number of amides is 1. The second-order valence-electron chi connectivity index (χ2n) is 7.57. The van der Waals surface area contributed by atoms with Crippen molar-refractivity contribution in [3.63, 3.8) is 0 Å². The van der Waals surface area contributed by atoms with Crippen LogP contribution in [0.1, 0.15) is 37.5 Å². The summed E-state index contributed by atoms with van der Waals surface area (Å²) in [6.07, 6.45) is 0.486. The van der Waals surface area contributed by atoms with Crippen molar-refractivity contribution in [2.45, 2.75) is 45.9 Å². The molecule has 1 amide bonds. The highest BCUT2D eigenvalue weighted by atomic mass is 35.5. The van der Waals surface area contributed by atoms with Crippen molar-refractivity contribution in [2.24, 2.45) is 0 Å². The van der Waals surface area contributed by atoms with Crippen LogP contribution in [-0.2, 0) is 24.3 Å². The molecule has 0 atom stereocenters. The van der Waals surface area contributed by atoms with E-state index in [1.807, 2.05) is 45.0 Å². The highest BCUT2D eigenvalue weighted by molar-refractivity contribution is 6.35. The third kappa shape index (κ3) is 5.08. The number of ether oxygens (including phenoxy) is 2. The average molecular weight is 408 g/mol. The third-order valence-corrected chi connectivity index (χ3v) is 4.99. The van der Waals surface area contributed by atoms with E-state index in [1.54, 1.807) is 17.0 Å². The van der Waals surface area contributed by atoms with Crippen molar-refractivity contribution in [3.8, 4) is 5.75 Å². The van der Waals surface area contributed by atoms with Crippen LogP contribution in [0.25, 0.3) is 0 Å². The van der Waals surface area contributed by atoms with Crippen LogP contribution in [0.5, 0.6) is 5.75 Å². The molecule has 0 unspecified atom stereocenters. The van der Waals surface area contributed by atoms with Gasteiger partial charge in [0.05, 0.1) is 0 Å². The van der Waals surface area contributed by atoms with Crippen LogP contribution < -0.4 is 4.74 Å². The number of fused-ring (bicyclic) bond motifs is 1. The Morgan fingerprint density at radius 2 is 1.81 bits per heavy atom. The Labute approximate surface area is 170 Å². The molecule has 1 aliphatic rings. The van der Waals surface area contributed by atoms with Gasteiger partial charge in [-0.05, 0) is 62.6 Å². The van der Waals surface area contributed by atoms with Crippen molar-refractivity contribution < 1.29 is 14.3 Å². The van der Waals surface area contributed by atoms with Gasteiger partial charge >= 0.3 is 6.09 Å². The van der Waals surface area contributed by atoms with Gasteiger partial charge in [-0.1, -0.05) is 35.3 Å². The lowest BCUT2D eigenvalue weighted by Gasteiger charge is -2.31. The van der Waals surface area contributed by atoms with Gasteiger partial charge in [-0.2, -0.15) is 0 Å². The fraction of sp³-hybridized carbons (Fsp3) is 0.381. The number of rotatable bonds is 3. The van der Waals surface area contributed by atoms with E-state index in [1.165, 1.54) is 5.56 Å². The quantitative estimate of drug-likeness (QED) is 0.638.